The number of nitrogens with zero attached hydrogens (tertiary/aromatic N) is 1. The Bertz CT molecular complexity index is 478. The van der Waals surface area contributed by atoms with Gasteiger partial charge in [-0.1, -0.05) is 28.1 Å². The summed E-state index contributed by atoms with van der Waals surface area (Å²) < 4.78 is 6.37. The summed E-state index contributed by atoms with van der Waals surface area (Å²) in [5.74, 6) is -1.22. The number of ether oxygens (including phenoxy) is 1. The molecular weight excluding hydrogens is 310 g/mol. The minimum atomic E-state index is -0.780. The van der Waals surface area contributed by atoms with Crippen LogP contribution >= 0.6 is 15.9 Å². The topological polar surface area (TPSA) is 49.8 Å². The Balaban J connectivity index is 2.08. The molecule has 1 N–H and O–H groups in total. The molecule has 2 rings (SSSR count). The van der Waals surface area contributed by atoms with Crippen molar-refractivity contribution in [3.63, 3.8) is 0 Å². The van der Waals surface area contributed by atoms with Crippen molar-refractivity contribution in [3.8, 4) is 0 Å². The summed E-state index contributed by atoms with van der Waals surface area (Å²) in [6, 6.07) is 6.14. The molecule has 1 heterocycles. The quantitative estimate of drug-likeness (QED) is 0.921. The van der Waals surface area contributed by atoms with Gasteiger partial charge in [-0.2, -0.15) is 0 Å². The molecule has 0 saturated carbocycles. The smallest absolute Gasteiger partial charge is 0.310 e. The van der Waals surface area contributed by atoms with Crippen molar-refractivity contribution in [1.82, 2.24) is 4.90 Å². The second kappa shape index (κ2) is 6.03. The van der Waals surface area contributed by atoms with Gasteiger partial charge < -0.3 is 9.84 Å². The first-order valence-electron chi connectivity index (χ1n) is 6.25. The standard InChI is InChI=1S/C14H18BrNO3/c1-9-3-4-10(12(15)5-9)6-16(2)13-8-19-7-11(13)14(17)18/h3-5,11,13H,6-8H2,1-2H3,(H,17,18). The summed E-state index contributed by atoms with van der Waals surface area (Å²) in [5, 5.41) is 9.17. The highest BCUT2D eigenvalue weighted by molar-refractivity contribution is 9.10. The van der Waals surface area contributed by atoms with Gasteiger partial charge >= 0.3 is 5.97 Å². The minimum Gasteiger partial charge on any atom is -0.481 e. The Labute approximate surface area is 121 Å². The Morgan fingerprint density at radius 2 is 2.26 bits per heavy atom. The van der Waals surface area contributed by atoms with Crippen LogP contribution in [0.2, 0.25) is 0 Å². The summed E-state index contributed by atoms with van der Waals surface area (Å²) in [7, 11) is 1.95. The van der Waals surface area contributed by atoms with Crippen molar-refractivity contribution < 1.29 is 14.6 Å². The van der Waals surface area contributed by atoms with E-state index in [1.54, 1.807) is 0 Å². The maximum absolute atomic E-state index is 11.2. The van der Waals surface area contributed by atoms with Crippen LogP contribution in [-0.2, 0) is 16.1 Å². The third-order valence-corrected chi connectivity index (χ3v) is 4.30. The molecule has 5 heteroatoms. The van der Waals surface area contributed by atoms with E-state index in [4.69, 9.17) is 4.74 Å². The fourth-order valence-corrected chi connectivity index (χ4v) is 3.00. The van der Waals surface area contributed by atoms with E-state index in [-0.39, 0.29) is 6.04 Å². The Hall–Kier alpha value is -0.910. The zero-order valence-corrected chi connectivity index (χ0v) is 12.7. The van der Waals surface area contributed by atoms with Gasteiger partial charge in [-0.05, 0) is 31.2 Å². The zero-order chi connectivity index (χ0) is 14.0. The van der Waals surface area contributed by atoms with Crippen LogP contribution in [0.5, 0.6) is 0 Å². The molecule has 2 unspecified atom stereocenters. The molecule has 104 valence electrons. The van der Waals surface area contributed by atoms with Crippen molar-refractivity contribution in [1.29, 1.82) is 0 Å². The summed E-state index contributed by atoms with van der Waals surface area (Å²) in [4.78, 5) is 13.2. The van der Waals surface area contributed by atoms with Crippen molar-refractivity contribution >= 4 is 21.9 Å². The second-order valence-electron chi connectivity index (χ2n) is 5.06. The third kappa shape index (κ3) is 3.35. The molecule has 1 aliphatic rings. The Morgan fingerprint density at radius 3 is 2.89 bits per heavy atom. The highest BCUT2D eigenvalue weighted by Crippen LogP contribution is 2.24. The predicted octanol–water partition coefficient (Wildman–Crippen LogP) is 2.29. The van der Waals surface area contributed by atoms with Crippen LogP contribution in [0.25, 0.3) is 0 Å². The van der Waals surface area contributed by atoms with Gasteiger partial charge in [-0.15, -0.1) is 0 Å². The molecular formula is C14H18BrNO3. The average molecular weight is 328 g/mol. The zero-order valence-electron chi connectivity index (χ0n) is 11.1. The minimum absolute atomic E-state index is 0.0642. The third-order valence-electron chi connectivity index (χ3n) is 3.56. The van der Waals surface area contributed by atoms with E-state index in [2.05, 4.69) is 39.0 Å². The normalized spacial score (nSPS) is 22.9. The number of likely N-dealkylation sites (N-methyl/N-ethyl adjacent to an activating group) is 1. The van der Waals surface area contributed by atoms with Gasteiger partial charge in [-0.3, -0.25) is 9.69 Å². The Kier molecular flexibility index (Phi) is 4.60. The largest absolute Gasteiger partial charge is 0.481 e. The lowest BCUT2D eigenvalue weighted by Gasteiger charge is -2.26. The van der Waals surface area contributed by atoms with E-state index in [0.717, 1.165) is 10.0 Å². The molecule has 1 aromatic rings. The van der Waals surface area contributed by atoms with Crippen LogP contribution in [0.1, 0.15) is 11.1 Å². The van der Waals surface area contributed by atoms with Gasteiger partial charge in [0.1, 0.15) is 0 Å². The molecule has 0 aliphatic carbocycles. The highest BCUT2D eigenvalue weighted by Gasteiger charge is 2.36. The van der Waals surface area contributed by atoms with Crippen molar-refractivity contribution in [2.75, 3.05) is 20.3 Å². The summed E-state index contributed by atoms with van der Waals surface area (Å²) in [5.41, 5.74) is 2.36. The van der Waals surface area contributed by atoms with Gasteiger partial charge in [0.15, 0.2) is 0 Å². The van der Waals surface area contributed by atoms with Crippen LogP contribution in [-0.4, -0.2) is 42.3 Å². The van der Waals surface area contributed by atoms with Crippen molar-refractivity contribution in [2.24, 2.45) is 5.92 Å². The number of hydrogen-bond acceptors (Lipinski definition) is 3. The first-order valence-corrected chi connectivity index (χ1v) is 7.04. The van der Waals surface area contributed by atoms with E-state index >= 15 is 0 Å². The summed E-state index contributed by atoms with van der Waals surface area (Å²) >= 11 is 3.55. The van der Waals surface area contributed by atoms with E-state index in [1.807, 2.05) is 14.0 Å². The Morgan fingerprint density at radius 1 is 1.53 bits per heavy atom. The molecule has 0 bridgehead atoms. The average Bonchev–Trinajstić information content (AvgIpc) is 2.82. The number of halogens is 1. The molecule has 19 heavy (non-hydrogen) atoms. The predicted molar refractivity (Wildman–Crippen MR) is 76.1 cm³/mol. The van der Waals surface area contributed by atoms with Gasteiger partial charge in [0.05, 0.1) is 19.1 Å². The van der Waals surface area contributed by atoms with E-state index in [0.29, 0.717) is 19.8 Å². The highest BCUT2D eigenvalue weighted by atomic mass is 79.9. The van der Waals surface area contributed by atoms with Crippen LogP contribution in [0.4, 0.5) is 0 Å². The molecule has 1 fully saturated rings. The molecule has 0 aromatic heterocycles. The fraction of sp³-hybridized carbons (Fsp3) is 0.500. The molecule has 2 atom stereocenters. The lowest BCUT2D eigenvalue weighted by Crippen LogP contribution is -2.40. The lowest BCUT2D eigenvalue weighted by atomic mass is 10.0. The molecule has 4 nitrogen and oxygen atoms in total. The number of carbonyl (C=O) groups is 1. The lowest BCUT2D eigenvalue weighted by molar-refractivity contribution is -0.143. The molecule has 0 radical (unpaired) electrons. The van der Waals surface area contributed by atoms with Crippen LogP contribution in [0.15, 0.2) is 22.7 Å². The first-order chi connectivity index (χ1) is 8.99. The number of carboxylic acids is 1. The van der Waals surface area contributed by atoms with E-state index in [1.165, 1.54) is 5.56 Å². The fourth-order valence-electron chi connectivity index (χ4n) is 2.38. The molecule has 1 saturated heterocycles. The maximum Gasteiger partial charge on any atom is 0.310 e. The summed E-state index contributed by atoms with van der Waals surface area (Å²) in [6.07, 6.45) is 0. The van der Waals surface area contributed by atoms with Gasteiger partial charge in [0.2, 0.25) is 0 Å². The van der Waals surface area contributed by atoms with Crippen LogP contribution in [0.3, 0.4) is 0 Å². The SMILES string of the molecule is Cc1ccc(CN(C)C2COCC2C(=O)O)c(Br)c1. The number of aryl methyl sites for hydroxylation is 1. The van der Waals surface area contributed by atoms with Gasteiger partial charge in [0.25, 0.3) is 0 Å². The number of carboxylic acid groups (broad SMARTS) is 1. The van der Waals surface area contributed by atoms with Crippen LogP contribution < -0.4 is 0 Å². The monoisotopic (exact) mass is 327 g/mol. The molecule has 0 amide bonds. The summed E-state index contributed by atoms with van der Waals surface area (Å²) in [6.45, 7) is 3.54. The number of benzene rings is 1. The number of hydrogen-bond donors (Lipinski definition) is 1. The molecule has 1 aliphatic heterocycles. The number of rotatable bonds is 4. The first kappa shape index (κ1) is 14.5. The van der Waals surface area contributed by atoms with Crippen molar-refractivity contribution in [3.05, 3.63) is 33.8 Å². The van der Waals surface area contributed by atoms with E-state index in [9.17, 15) is 9.90 Å². The second-order valence-corrected chi connectivity index (χ2v) is 5.91. The molecule has 0 spiro atoms. The van der Waals surface area contributed by atoms with Gasteiger partial charge in [0, 0.05) is 17.1 Å². The van der Waals surface area contributed by atoms with E-state index < -0.39 is 11.9 Å². The van der Waals surface area contributed by atoms with Crippen molar-refractivity contribution in [2.45, 2.75) is 19.5 Å². The number of aliphatic carboxylic acids is 1. The maximum atomic E-state index is 11.2. The van der Waals surface area contributed by atoms with Gasteiger partial charge in [-0.25, -0.2) is 0 Å². The van der Waals surface area contributed by atoms with Crippen LogP contribution in [0, 0.1) is 12.8 Å². The molecule has 1 aromatic carbocycles.